The van der Waals surface area contributed by atoms with E-state index in [0.717, 1.165) is 0 Å². The minimum absolute atomic E-state index is 0.0712. The smallest absolute Gasteiger partial charge is 0.407 e. The Bertz CT molecular complexity index is 748. The highest BCUT2D eigenvalue weighted by Crippen LogP contribution is 2.15. The zero-order chi connectivity index (χ0) is 23.4. The molecule has 0 radical (unpaired) electrons. The van der Waals surface area contributed by atoms with Crippen molar-refractivity contribution in [2.75, 3.05) is 6.61 Å². The number of rotatable bonds is 13. The Kier molecular flexibility index (Phi) is 11.0. The molecule has 1 rings (SSSR count). The number of carbonyl (C=O) groups excluding carboxylic acids is 2. The molecule has 174 valence electrons. The number of alkyl carbamates (subject to hydrolysis) is 1. The summed E-state index contributed by atoms with van der Waals surface area (Å²) in [5.74, 6) is -1.71. The Morgan fingerprint density at radius 3 is 2.48 bits per heavy atom. The van der Waals surface area contributed by atoms with Crippen LogP contribution in [0.3, 0.4) is 0 Å². The predicted octanol–water partition coefficient (Wildman–Crippen LogP) is 3.30. The lowest BCUT2D eigenvalue weighted by molar-refractivity contribution is -0.137. The molecule has 0 fully saturated rings. The second kappa shape index (κ2) is 12.9. The highest BCUT2D eigenvalue weighted by atomic mass is 19.1. The van der Waals surface area contributed by atoms with Gasteiger partial charge in [-0.1, -0.05) is 12.1 Å². The fourth-order valence-corrected chi connectivity index (χ4v) is 2.78. The average Bonchev–Trinajstić information content (AvgIpc) is 2.62. The van der Waals surface area contributed by atoms with E-state index >= 15 is 0 Å². The van der Waals surface area contributed by atoms with Gasteiger partial charge in [0, 0.05) is 12.8 Å². The molecular weight excluding hydrogens is 407 g/mol. The molecule has 1 atom stereocenters. The number of carbonyl (C=O) groups is 3. The molecule has 0 aromatic heterocycles. The van der Waals surface area contributed by atoms with Crippen LogP contribution in [0.2, 0.25) is 0 Å². The van der Waals surface area contributed by atoms with Gasteiger partial charge in [-0.05, 0) is 63.6 Å². The quantitative estimate of drug-likeness (QED) is 0.404. The number of nitrogens with one attached hydrogen (secondary N) is 1. The molecule has 1 unspecified atom stereocenters. The van der Waals surface area contributed by atoms with Crippen molar-refractivity contribution >= 4 is 18.0 Å². The molecule has 8 nitrogen and oxygen atoms in total. The molecule has 1 aromatic rings. The molecule has 0 bridgehead atoms. The van der Waals surface area contributed by atoms with Gasteiger partial charge in [0.1, 0.15) is 11.4 Å². The molecule has 9 heteroatoms. The first-order chi connectivity index (χ1) is 14.5. The molecule has 1 aromatic carbocycles. The SMILES string of the molecule is CC(C)(C)OC(=O)NC(CCC(N)=O)COCc1ccc(CCCCC(=O)O)c(F)c1. The number of benzene rings is 1. The van der Waals surface area contributed by atoms with E-state index in [2.05, 4.69) is 5.32 Å². The lowest BCUT2D eigenvalue weighted by Gasteiger charge is -2.23. The van der Waals surface area contributed by atoms with Crippen molar-refractivity contribution in [2.24, 2.45) is 5.73 Å². The van der Waals surface area contributed by atoms with Gasteiger partial charge in [-0.15, -0.1) is 0 Å². The topological polar surface area (TPSA) is 128 Å². The van der Waals surface area contributed by atoms with Crippen LogP contribution in [0.1, 0.15) is 64.0 Å². The molecular formula is C22H33FN2O6. The lowest BCUT2D eigenvalue weighted by Crippen LogP contribution is -2.42. The molecule has 0 spiro atoms. The first-order valence-electron chi connectivity index (χ1n) is 10.3. The largest absolute Gasteiger partial charge is 0.481 e. The Morgan fingerprint density at radius 2 is 1.90 bits per heavy atom. The molecule has 0 aliphatic carbocycles. The van der Waals surface area contributed by atoms with Gasteiger partial charge in [-0.2, -0.15) is 0 Å². The van der Waals surface area contributed by atoms with Gasteiger partial charge in [0.25, 0.3) is 0 Å². The third kappa shape index (κ3) is 12.6. The van der Waals surface area contributed by atoms with Crippen LogP contribution in [0, 0.1) is 5.82 Å². The molecule has 0 saturated heterocycles. The molecule has 2 amide bonds. The van der Waals surface area contributed by atoms with Crippen LogP contribution < -0.4 is 11.1 Å². The number of carboxylic acids is 1. The summed E-state index contributed by atoms with van der Waals surface area (Å²) in [5.41, 5.74) is 5.68. The summed E-state index contributed by atoms with van der Waals surface area (Å²) in [7, 11) is 0. The van der Waals surface area contributed by atoms with E-state index in [4.69, 9.17) is 20.3 Å². The summed E-state index contributed by atoms with van der Waals surface area (Å²) in [5, 5.41) is 11.3. The van der Waals surface area contributed by atoms with E-state index in [0.29, 0.717) is 30.4 Å². The number of hydrogen-bond donors (Lipinski definition) is 3. The van der Waals surface area contributed by atoms with Crippen molar-refractivity contribution < 1.29 is 33.4 Å². The Hall–Kier alpha value is -2.68. The zero-order valence-corrected chi connectivity index (χ0v) is 18.4. The maximum Gasteiger partial charge on any atom is 0.407 e. The summed E-state index contributed by atoms with van der Waals surface area (Å²) in [6.45, 7) is 5.45. The number of unbranched alkanes of at least 4 members (excludes halogenated alkanes) is 1. The molecule has 0 aliphatic heterocycles. The van der Waals surface area contributed by atoms with Gasteiger partial charge in [-0.25, -0.2) is 9.18 Å². The second-order valence-electron chi connectivity index (χ2n) is 8.39. The Labute approximate surface area is 182 Å². The number of nitrogens with two attached hydrogens (primary N) is 1. The highest BCUT2D eigenvalue weighted by molar-refractivity contribution is 5.74. The Morgan fingerprint density at radius 1 is 1.19 bits per heavy atom. The minimum atomic E-state index is -0.858. The van der Waals surface area contributed by atoms with E-state index in [-0.39, 0.29) is 38.3 Å². The number of amides is 2. The zero-order valence-electron chi connectivity index (χ0n) is 18.4. The van der Waals surface area contributed by atoms with Crippen molar-refractivity contribution in [3.8, 4) is 0 Å². The van der Waals surface area contributed by atoms with E-state index in [1.54, 1.807) is 32.9 Å². The van der Waals surface area contributed by atoms with Crippen LogP contribution in [-0.4, -0.2) is 41.3 Å². The van der Waals surface area contributed by atoms with Crippen molar-refractivity contribution in [1.82, 2.24) is 5.32 Å². The number of primary amides is 1. The van der Waals surface area contributed by atoms with Crippen molar-refractivity contribution in [3.63, 3.8) is 0 Å². The van der Waals surface area contributed by atoms with E-state index < -0.39 is 29.6 Å². The third-order valence-corrected chi connectivity index (χ3v) is 4.25. The molecule has 0 saturated carbocycles. The Balaban J connectivity index is 2.55. The fraction of sp³-hybridized carbons (Fsp3) is 0.591. The normalized spacial score (nSPS) is 12.3. The van der Waals surface area contributed by atoms with Gasteiger partial charge < -0.3 is 25.6 Å². The first-order valence-corrected chi connectivity index (χ1v) is 10.3. The fourth-order valence-electron chi connectivity index (χ4n) is 2.78. The van der Waals surface area contributed by atoms with Crippen LogP contribution in [0.25, 0.3) is 0 Å². The van der Waals surface area contributed by atoms with Gasteiger partial charge in [0.15, 0.2) is 0 Å². The van der Waals surface area contributed by atoms with E-state index in [1.165, 1.54) is 6.07 Å². The van der Waals surface area contributed by atoms with E-state index in [1.807, 2.05) is 0 Å². The highest BCUT2D eigenvalue weighted by Gasteiger charge is 2.20. The maximum absolute atomic E-state index is 14.3. The second-order valence-corrected chi connectivity index (χ2v) is 8.39. The number of aryl methyl sites for hydroxylation is 1. The minimum Gasteiger partial charge on any atom is -0.481 e. The number of halogens is 1. The average molecular weight is 441 g/mol. The molecule has 31 heavy (non-hydrogen) atoms. The monoisotopic (exact) mass is 440 g/mol. The van der Waals surface area contributed by atoms with E-state index in [9.17, 15) is 18.8 Å². The van der Waals surface area contributed by atoms with Crippen LogP contribution >= 0.6 is 0 Å². The summed E-state index contributed by atoms with van der Waals surface area (Å²) in [4.78, 5) is 33.6. The van der Waals surface area contributed by atoms with Crippen LogP contribution in [0.4, 0.5) is 9.18 Å². The number of hydrogen-bond acceptors (Lipinski definition) is 5. The third-order valence-electron chi connectivity index (χ3n) is 4.25. The van der Waals surface area contributed by atoms with Crippen LogP contribution in [-0.2, 0) is 32.1 Å². The molecule has 0 aliphatic rings. The van der Waals surface area contributed by atoms with Gasteiger partial charge >= 0.3 is 12.1 Å². The van der Waals surface area contributed by atoms with Crippen molar-refractivity contribution in [2.45, 2.75) is 77.5 Å². The van der Waals surface area contributed by atoms with Gasteiger partial charge in [0.2, 0.25) is 5.91 Å². The standard InChI is InChI=1S/C22H33FN2O6/c1-22(2,3)31-21(29)25-17(10-11-19(24)26)14-30-13-15-8-9-16(18(23)12-15)6-4-5-7-20(27)28/h8-9,12,17H,4-7,10-11,13-14H2,1-3H3,(H2,24,26)(H,25,29)(H,27,28). The van der Waals surface area contributed by atoms with Crippen molar-refractivity contribution in [3.05, 3.63) is 35.1 Å². The summed E-state index contributed by atoms with van der Waals surface area (Å²) >= 11 is 0. The summed E-state index contributed by atoms with van der Waals surface area (Å²) < 4.78 is 25.1. The first kappa shape index (κ1) is 26.4. The predicted molar refractivity (Wildman–Crippen MR) is 113 cm³/mol. The van der Waals surface area contributed by atoms with Crippen LogP contribution in [0.15, 0.2) is 18.2 Å². The number of ether oxygens (including phenoxy) is 2. The number of carboxylic acid groups (broad SMARTS) is 1. The van der Waals surface area contributed by atoms with Crippen molar-refractivity contribution in [1.29, 1.82) is 0 Å². The van der Waals surface area contributed by atoms with Gasteiger partial charge in [-0.3, -0.25) is 9.59 Å². The summed E-state index contributed by atoms with van der Waals surface area (Å²) in [6.07, 6.45) is 1.38. The van der Waals surface area contributed by atoms with Crippen LogP contribution in [0.5, 0.6) is 0 Å². The number of aliphatic carboxylic acids is 1. The summed E-state index contributed by atoms with van der Waals surface area (Å²) in [6, 6.07) is 4.31. The molecule has 4 N–H and O–H groups in total. The maximum atomic E-state index is 14.3. The molecule has 0 heterocycles. The van der Waals surface area contributed by atoms with Gasteiger partial charge in [0.05, 0.1) is 19.3 Å². The lowest BCUT2D eigenvalue weighted by atomic mass is 10.0.